The number of aromatic nitrogens is 3. The van der Waals surface area contributed by atoms with Crippen molar-refractivity contribution in [3.63, 3.8) is 0 Å². The molecule has 2 N–H and O–H groups in total. The quantitative estimate of drug-likeness (QED) is 0.907. The first-order chi connectivity index (χ1) is 11.3. The predicted octanol–water partition coefficient (Wildman–Crippen LogP) is 2.29. The van der Waals surface area contributed by atoms with Crippen LogP contribution in [-0.4, -0.2) is 23.5 Å². The molecular formula is C16H20N4O3S. The summed E-state index contributed by atoms with van der Waals surface area (Å²) in [5.41, 5.74) is 0.926. The average Bonchev–Trinajstić information content (AvgIpc) is 2.79. The fourth-order valence-corrected chi connectivity index (χ4v) is 4.13. The number of sulfonamides is 1. The minimum absolute atomic E-state index is 0.0335. The van der Waals surface area contributed by atoms with Crippen LogP contribution in [0.4, 0.5) is 0 Å². The minimum atomic E-state index is -3.77. The van der Waals surface area contributed by atoms with Crippen LogP contribution in [0.15, 0.2) is 27.9 Å². The molecule has 2 fully saturated rings. The molecule has 128 valence electrons. The molecule has 0 unspecified atom stereocenters. The van der Waals surface area contributed by atoms with Gasteiger partial charge in [0.05, 0.1) is 5.92 Å². The van der Waals surface area contributed by atoms with E-state index in [0.29, 0.717) is 11.8 Å². The van der Waals surface area contributed by atoms with E-state index in [4.69, 9.17) is 9.66 Å². The molecule has 0 bridgehead atoms. The van der Waals surface area contributed by atoms with Gasteiger partial charge in [-0.25, -0.2) is 18.5 Å². The molecule has 2 saturated carbocycles. The van der Waals surface area contributed by atoms with Gasteiger partial charge in [0.1, 0.15) is 0 Å². The van der Waals surface area contributed by atoms with Gasteiger partial charge in [-0.3, -0.25) is 0 Å². The van der Waals surface area contributed by atoms with E-state index >= 15 is 0 Å². The van der Waals surface area contributed by atoms with Crippen molar-refractivity contribution in [3.8, 4) is 0 Å². The molecule has 2 aliphatic carbocycles. The van der Waals surface area contributed by atoms with Gasteiger partial charge in [0.2, 0.25) is 5.89 Å². The maximum Gasteiger partial charge on any atom is 0.255 e. The second-order valence-corrected chi connectivity index (χ2v) is 8.88. The highest BCUT2D eigenvalue weighted by Crippen LogP contribution is 2.69. The number of nitrogens with two attached hydrogens (primary N) is 1. The molecule has 2 atom stereocenters. The molecule has 0 radical (unpaired) electrons. The van der Waals surface area contributed by atoms with Crippen LogP contribution in [0.25, 0.3) is 0 Å². The molecule has 7 nitrogen and oxygen atoms in total. The summed E-state index contributed by atoms with van der Waals surface area (Å²) in [5.74, 6) is 2.23. The van der Waals surface area contributed by atoms with E-state index in [1.807, 2.05) is 0 Å². The number of primary sulfonamides is 1. The van der Waals surface area contributed by atoms with Crippen LogP contribution >= 0.6 is 0 Å². The highest BCUT2D eigenvalue weighted by molar-refractivity contribution is 7.89. The van der Waals surface area contributed by atoms with Gasteiger partial charge >= 0.3 is 0 Å². The lowest BCUT2D eigenvalue weighted by atomic mass is 9.85. The van der Waals surface area contributed by atoms with E-state index in [9.17, 15) is 8.42 Å². The first kappa shape index (κ1) is 15.7. The second-order valence-electron chi connectivity index (χ2n) is 7.37. The number of nitrogens with zero attached hydrogens (tertiary/aromatic N) is 3. The van der Waals surface area contributed by atoms with Crippen LogP contribution < -0.4 is 5.14 Å². The largest absolute Gasteiger partial charge is 0.339 e. The number of rotatable bonds is 4. The topological polar surface area (TPSA) is 112 Å². The summed E-state index contributed by atoms with van der Waals surface area (Å²) in [7, 11) is -3.77. The van der Waals surface area contributed by atoms with Gasteiger partial charge in [0.25, 0.3) is 10.0 Å². The van der Waals surface area contributed by atoms with Crippen LogP contribution in [0.5, 0.6) is 0 Å². The summed E-state index contributed by atoms with van der Waals surface area (Å²) in [6, 6.07) is 3.21. The molecule has 2 aliphatic rings. The Hall–Kier alpha value is -1.80. The van der Waals surface area contributed by atoms with Crippen molar-refractivity contribution in [2.24, 2.45) is 10.6 Å². The molecule has 2 aromatic heterocycles. The van der Waals surface area contributed by atoms with Gasteiger partial charge in [-0.15, -0.1) is 0 Å². The Morgan fingerprint density at radius 1 is 1.25 bits per heavy atom. The number of hydrogen-bond donors (Lipinski definition) is 1. The highest BCUT2D eigenvalue weighted by atomic mass is 32.2. The molecule has 0 aromatic carbocycles. The zero-order chi connectivity index (χ0) is 17.1. The summed E-state index contributed by atoms with van der Waals surface area (Å²) in [5, 5.41) is 9.12. The van der Waals surface area contributed by atoms with Gasteiger partial charge in [-0.1, -0.05) is 31.5 Å². The Morgan fingerprint density at radius 3 is 2.54 bits per heavy atom. The fraction of sp³-hybridized carbons (Fsp3) is 0.562. The maximum absolute atomic E-state index is 11.3. The van der Waals surface area contributed by atoms with Crippen molar-refractivity contribution >= 4 is 10.0 Å². The van der Waals surface area contributed by atoms with Crippen molar-refractivity contribution in [1.29, 1.82) is 0 Å². The van der Waals surface area contributed by atoms with Crippen molar-refractivity contribution in [2.45, 2.75) is 55.9 Å². The first-order valence-corrected chi connectivity index (χ1v) is 9.65. The zero-order valence-electron chi connectivity index (χ0n) is 13.6. The summed E-state index contributed by atoms with van der Waals surface area (Å²) in [6.45, 7) is 4.28. The van der Waals surface area contributed by atoms with E-state index in [1.165, 1.54) is 12.5 Å². The van der Waals surface area contributed by atoms with Crippen LogP contribution in [-0.2, 0) is 10.0 Å². The molecule has 0 aliphatic heterocycles. The van der Waals surface area contributed by atoms with Crippen LogP contribution in [0, 0.1) is 5.41 Å². The van der Waals surface area contributed by atoms with Crippen LogP contribution in [0.3, 0.4) is 0 Å². The van der Waals surface area contributed by atoms with E-state index in [-0.39, 0.29) is 22.3 Å². The van der Waals surface area contributed by atoms with E-state index in [0.717, 1.165) is 24.2 Å². The van der Waals surface area contributed by atoms with Crippen LogP contribution in [0.1, 0.15) is 68.1 Å². The van der Waals surface area contributed by atoms with Gasteiger partial charge in [0, 0.05) is 18.0 Å². The third-order valence-electron chi connectivity index (χ3n) is 5.43. The lowest BCUT2D eigenvalue weighted by Crippen LogP contribution is -2.13. The highest BCUT2D eigenvalue weighted by Gasteiger charge is 2.62. The van der Waals surface area contributed by atoms with Gasteiger partial charge in [0.15, 0.2) is 10.9 Å². The molecular weight excluding hydrogens is 328 g/mol. The molecule has 0 spiro atoms. The Labute approximate surface area is 140 Å². The molecule has 0 saturated heterocycles. The molecule has 2 aromatic rings. The maximum atomic E-state index is 11.3. The Kier molecular flexibility index (Phi) is 3.34. The average molecular weight is 348 g/mol. The summed E-state index contributed by atoms with van der Waals surface area (Å²) >= 11 is 0. The number of pyridine rings is 1. The number of hydrogen-bond acceptors (Lipinski definition) is 6. The molecule has 0 amide bonds. The SMILES string of the molecule is CC1(C)[C@H](c2ccc(S(N)(=O)=O)nc2)[C@H]1c1nc(C2CCC2)no1. The molecule has 24 heavy (non-hydrogen) atoms. The van der Waals surface area contributed by atoms with Gasteiger partial charge in [-0.05, 0) is 29.9 Å². The van der Waals surface area contributed by atoms with Crippen molar-refractivity contribution in [1.82, 2.24) is 15.1 Å². The van der Waals surface area contributed by atoms with Crippen molar-refractivity contribution in [2.75, 3.05) is 0 Å². The van der Waals surface area contributed by atoms with Crippen LogP contribution in [0.2, 0.25) is 0 Å². The van der Waals surface area contributed by atoms with E-state index < -0.39 is 10.0 Å². The Bertz CT molecular complexity index is 869. The fourth-order valence-electron chi connectivity index (χ4n) is 3.67. The summed E-state index contributed by atoms with van der Waals surface area (Å²) < 4.78 is 28.2. The predicted molar refractivity (Wildman–Crippen MR) is 85.8 cm³/mol. The second kappa shape index (κ2) is 5.10. The van der Waals surface area contributed by atoms with Crippen molar-refractivity contribution in [3.05, 3.63) is 35.6 Å². The minimum Gasteiger partial charge on any atom is -0.339 e. The zero-order valence-corrected chi connectivity index (χ0v) is 14.5. The molecule has 2 heterocycles. The summed E-state index contributed by atoms with van der Waals surface area (Å²) in [4.78, 5) is 8.59. The molecule has 4 rings (SSSR count). The summed E-state index contributed by atoms with van der Waals surface area (Å²) in [6.07, 6.45) is 5.08. The Balaban J connectivity index is 1.58. The Morgan fingerprint density at radius 2 is 2.00 bits per heavy atom. The van der Waals surface area contributed by atoms with Gasteiger partial charge < -0.3 is 4.52 Å². The lowest BCUT2D eigenvalue weighted by molar-refractivity contribution is 0.342. The van der Waals surface area contributed by atoms with Gasteiger partial charge in [-0.2, -0.15) is 4.98 Å². The third kappa shape index (κ3) is 2.44. The van der Waals surface area contributed by atoms with E-state index in [2.05, 4.69) is 29.0 Å². The third-order valence-corrected chi connectivity index (χ3v) is 6.26. The lowest BCUT2D eigenvalue weighted by Gasteiger charge is -2.20. The van der Waals surface area contributed by atoms with Crippen molar-refractivity contribution < 1.29 is 12.9 Å². The normalized spacial score (nSPS) is 26.1. The van der Waals surface area contributed by atoms with E-state index in [1.54, 1.807) is 12.3 Å². The molecule has 8 heteroatoms. The smallest absolute Gasteiger partial charge is 0.255 e. The first-order valence-electron chi connectivity index (χ1n) is 8.11. The standard InChI is InChI=1S/C16H20N4O3S/c1-16(2)12(10-6-7-11(18-8-10)24(17,21)22)13(16)15-19-14(20-23-15)9-4-3-5-9/h6-9,12-13H,3-5H2,1-2H3,(H2,17,21,22)/t12-,13+/m1/s1. The monoisotopic (exact) mass is 348 g/mol.